The average molecular weight is 278 g/mol. The van der Waals surface area contributed by atoms with Crippen molar-refractivity contribution in [1.82, 2.24) is 5.43 Å². The molecule has 0 amide bonds. The van der Waals surface area contributed by atoms with Crippen LogP contribution in [-0.2, 0) is 4.74 Å². The van der Waals surface area contributed by atoms with Crippen LogP contribution in [0.25, 0.3) is 0 Å². The van der Waals surface area contributed by atoms with Crippen LogP contribution in [0.15, 0.2) is 18.2 Å². The third-order valence-electron chi connectivity index (χ3n) is 4.54. The minimum absolute atomic E-state index is 0.0474. The SMILES string of the molecule is COc1ccc(C(NN)C2CC3CCC2O3)c(OC)c1. The summed E-state index contributed by atoms with van der Waals surface area (Å²) in [6.07, 6.45) is 4.09. The second-order valence-corrected chi connectivity index (χ2v) is 5.53. The van der Waals surface area contributed by atoms with Gasteiger partial charge in [-0.25, -0.2) is 0 Å². The van der Waals surface area contributed by atoms with E-state index in [4.69, 9.17) is 20.1 Å². The first-order valence-electron chi connectivity index (χ1n) is 7.10. The van der Waals surface area contributed by atoms with Crippen LogP contribution < -0.4 is 20.7 Å². The van der Waals surface area contributed by atoms with Crippen molar-refractivity contribution in [2.75, 3.05) is 14.2 Å². The van der Waals surface area contributed by atoms with Crippen molar-refractivity contribution in [2.24, 2.45) is 11.8 Å². The zero-order valence-corrected chi connectivity index (χ0v) is 12.0. The van der Waals surface area contributed by atoms with Gasteiger partial charge in [-0.1, -0.05) is 6.07 Å². The number of fused-ring (bicyclic) bond motifs is 2. The standard InChI is InChI=1S/C15H22N2O3/c1-18-9-3-5-11(14(8-9)19-2)15(17-16)12-7-10-4-6-13(12)20-10/h3,5,8,10,12-13,15,17H,4,6-7,16H2,1-2H3. The summed E-state index contributed by atoms with van der Waals surface area (Å²) < 4.78 is 16.7. The highest BCUT2D eigenvalue weighted by Gasteiger charge is 2.45. The topological polar surface area (TPSA) is 65.7 Å². The van der Waals surface area contributed by atoms with E-state index in [0.29, 0.717) is 18.1 Å². The van der Waals surface area contributed by atoms with E-state index in [1.165, 1.54) is 6.42 Å². The Kier molecular flexibility index (Phi) is 3.83. The average Bonchev–Trinajstić information content (AvgIpc) is 3.11. The number of hydrogen-bond donors (Lipinski definition) is 2. The molecule has 5 heteroatoms. The number of methoxy groups -OCH3 is 2. The van der Waals surface area contributed by atoms with Crippen molar-refractivity contribution in [3.63, 3.8) is 0 Å². The number of nitrogens with two attached hydrogens (primary N) is 1. The van der Waals surface area contributed by atoms with Gasteiger partial charge in [0.15, 0.2) is 0 Å². The molecule has 2 aliphatic rings. The van der Waals surface area contributed by atoms with Crippen LogP contribution in [0.2, 0.25) is 0 Å². The van der Waals surface area contributed by atoms with Crippen molar-refractivity contribution in [1.29, 1.82) is 0 Å². The largest absolute Gasteiger partial charge is 0.497 e. The fraction of sp³-hybridized carbons (Fsp3) is 0.600. The lowest BCUT2D eigenvalue weighted by atomic mass is 9.81. The number of hydrogen-bond acceptors (Lipinski definition) is 5. The van der Waals surface area contributed by atoms with Gasteiger partial charge in [0, 0.05) is 17.5 Å². The highest BCUT2D eigenvalue weighted by Crippen LogP contribution is 2.46. The summed E-state index contributed by atoms with van der Waals surface area (Å²) in [7, 11) is 3.32. The normalized spacial score (nSPS) is 29.4. The highest BCUT2D eigenvalue weighted by molar-refractivity contribution is 5.43. The van der Waals surface area contributed by atoms with Gasteiger partial charge in [0.25, 0.3) is 0 Å². The van der Waals surface area contributed by atoms with E-state index in [9.17, 15) is 0 Å². The molecule has 1 aromatic carbocycles. The third kappa shape index (κ3) is 2.26. The van der Waals surface area contributed by atoms with E-state index >= 15 is 0 Å². The Hall–Kier alpha value is -1.30. The van der Waals surface area contributed by atoms with Crippen molar-refractivity contribution in [3.8, 4) is 11.5 Å². The zero-order chi connectivity index (χ0) is 14.1. The molecular weight excluding hydrogens is 256 g/mol. The van der Waals surface area contributed by atoms with Gasteiger partial charge in [0.1, 0.15) is 11.5 Å². The Balaban J connectivity index is 1.89. The van der Waals surface area contributed by atoms with Crippen LogP contribution in [-0.4, -0.2) is 26.4 Å². The second-order valence-electron chi connectivity index (χ2n) is 5.53. The molecule has 0 saturated carbocycles. The molecule has 0 radical (unpaired) electrons. The van der Waals surface area contributed by atoms with Gasteiger partial charge in [-0.3, -0.25) is 11.3 Å². The fourth-order valence-electron chi connectivity index (χ4n) is 3.55. The van der Waals surface area contributed by atoms with Crippen molar-refractivity contribution in [3.05, 3.63) is 23.8 Å². The molecule has 0 aliphatic carbocycles. The molecule has 1 aromatic rings. The molecule has 2 heterocycles. The van der Waals surface area contributed by atoms with Crippen LogP contribution in [0.4, 0.5) is 0 Å². The van der Waals surface area contributed by atoms with Crippen molar-refractivity contribution in [2.45, 2.75) is 37.5 Å². The second kappa shape index (κ2) is 5.60. The van der Waals surface area contributed by atoms with Gasteiger partial charge in [0.05, 0.1) is 32.5 Å². The minimum atomic E-state index is 0.0474. The summed E-state index contributed by atoms with van der Waals surface area (Å²) in [4.78, 5) is 0. The van der Waals surface area contributed by atoms with Gasteiger partial charge < -0.3 is 14.2 Å². The molecule has 3 rings (SSSR count). The maximum Gasteiger partial charge on any atom is 0.127 e. The first kappa shape index (κ1) is 13.7. The maximum absolute atomic E-state index is 5.95. The van der Waals surface area contributed by atoms with E-state index in [1.54, 1.807) is 14.2 Å². The van der Waals surface area contributed by atoms with Crippen LogP contribution in [0.1, 0.15) is 30.9 Å². The van der Waals surface area contributed by atoms with Crippen molar-refractivity contribution >= 4 is 0 Å². The molecule has 0 spiro atoms. The summed E-state index contributed by atoms with van der Waals surface area (Å²) in [5.74, 6) is 7.81. The summed E-state index contributed by atoms with van der Waals surface area (Å²) in [5, 5.41) is 0. The lowest BCUT2D eigenvalue weighted by Gasteiger charge is -2.29. The molecule has 2 fully saturated rings. The van der Waals surface area contributed by atoms with Gasteiger partial charge in [0.2, 0.25) is 0 Å². The van der Waals surface area contributed by atoms with E-state index in [0.717, 1.165) is 29.9 Å². The molecule has 5 nitrogen and oxygen atoms in total. The number of rotatable bonds is 5. The zero-order valence-electron chi connectivity index (χ0n) is 12.0. The van der Waals surface area contributed by atoms with E-state index in [1.807, 2.05) is 18.2 Å². The molecule has 20 heavy (non-hydrogen) atoms. The molecule has 2 bridgehead atoms. The molecule has 2 saturated heterocycles. The molecule has 4 atom stereocenters. The van der Waals surface area contributed by atoms with Crippen LogP contribution in [0, 0.1) is 5.92 Å². The molecule has 4 unspecified atom stereocenters. The predicted molar refractivity (Wildman–Crippen MR) is 75.6 cm³/mol. The Bertz CT molecular complexity index is 480. The molecule has 110 valence electrons. The molecule has 2 aliphatic heterocycles. The van der Waals surface area contributed by atoms with Gasteiger partial charge in [-0.2, -0.15) is 0 Å². The Morgan fingerprint density at radius 1 is 1.30 bits per heavy atom. The highest BCUT2D eigenvalue weighted by atomic mass is 16.5. The summed E-state index contributed by atoms with van der Waals surface area (Å²) in [6, 6.07) is 5.91. The number of ether oxygens (including phenoxy) is 3. The molecular formula is C15H22N2O3. The lowest BCUT2D eigenvalue weighted by Crippen LogP contribution is -2.37. The van der Waals surface area contributed by atoms with Crippen molar-refractivity contribution < 1.29 is 14.2 Å². The minimum Gasteiger partial charge on any atom is -0.497 e. The predicted octanol–water partition coefficient (Wildman–Crippen LogP) is 1.78. The molecule has 3 N–H and O–H groups in total. The Morgan fingerprint density at radius 3 is 2.70 bits per heavy atom. The van der Waals surface area contributed by atoms with E-state index in [-0.39, 0.29) is 6.04 Å². The van der Waals surface area contributed by atoms with E-state index < -0.39 is 0 Å². The summed E-state index contributed by atoms with van der Waals surface area (Å²) in [6.45, 7) is 0. The summed E-state index contributed by atoms with van der Waals surface area (Å²) in [5.41, 5.74) is 4.02. The van der Waals surface area contributed by atoms with Crippen LogP contribution in [0.3, 0.4) is 0 Å². The first-order valence-corrected chi connectivity index (χ1v) is 7.10. The number of nitrogens with one attached hydrogen (secondary N) is 1. The van der Waals surface area contributed by atoms with Crippen LogP contribution >= 0.6 is 0 Å². The molecule has 0 aromatic heterocycles. The monoisotopic (exact) mass is 278 g/mol. The van der Waals surface area contributed by atoms with Gasteiger partial charge in [-0.15, -0.1) is 0 Å². The quantitative estimate of drug-likeness (QED) is 0.635. The Labute approximate surface area is 119 Å². The first-order chi connectivity index (χ1) is 9.76. The third-order valence-corrected chi connectivity index (χ3v) is 4.54. The maximum atomic E-state index is 5.95. The van der Waals surface area contributed by atoms with Gasteiger partial charge >= 0.3 is 0 Å². The Morgan fingerprint density at radius 2 is 2.15 bits per heavy atom. The lowest BCUT2D eigenvalue weighted by molar-refractivity contribution is 0.0854. The van der Waals surface area contributed by atoms with Gasteiger partial charge in [-0.05, 0) is 25.3 Å². The fourth-order valence-corrected chi connectivity index (χ4v) is 3.55. The number of hydrazine groups is 1. The smallest absolute Gasteiger partial charge is 0.127 e. The number of benzene rings is 1. The van der Waals surface area contributed by atoms with Crippen LogP contribution in [0.5, 0.6) is 11.5 Å². The summed E-state index contributed by atoms with van der Waals surface area (Å²) >= 11 is 0. The van der Waals surface area contributed by atoms with E-state index in [2.05, 4.69) is 5.43 Å².